The Morgan fingerprint density at radius 1 is 1.50 bits per heavy atom. The lowest BCUT2D eigenvalue weighted by Crippen LogP contribution is -2.40. The quantitative estimate of drug-likeness (QED) is 0.755. The highest BCUT2D eigenvalue weighted by Crippen LogP contribution is 2.41. The zero-order valence-corrected chi connectivity index (χ0v) is 13.8. The van der Waals surface area contributed by atoms with Gasteiger partial charge in [-0.25, -0.2) is 0 Å². The van der Waals surface area contributed by atoms with Crippen LogP contribution in [0, 0.1) is 0 Å². The lowest BCUT2D eigenvalue weighted by atomic mass is 9.97. The van der Waals surface area contributed by atoms with Crippen LogP contribution in [0.5, 0.6) is 0 Å². The first-order valence-corrected chi connectivity index (χ1v) is 8.79. The molecular formula is C14H22N2O2S2. The normalized spacial score (nSPS) is 16.7. The van der Waals surface area contributed by atoms with Crippen LogP contribution in [-0.2, 0) is 4.79 Å². The zero-order valence-electron chi connectivity index (χ0n) is 12.2. The second-order valence-corrected chi connectivity index (χ2v) is 7.55. The van der Waals surface area contributed by atoms with Gasteiger partial charge in [0.1, 0.15) is 0 Å². The molecule has 112 valence electrons. The van der Waals surface area contributed by atoms with Crippen LogP contribution < -0.4 is 10.6 Å². The van der Waals surface area contributed by atoms with E-state index in [1.807, 2.05) is 19.9 Å². The van der Waals surface area contributed by atoms with Gasteiger partial charge in [-0.1, -0.05) is 13.8 Å². The molecule has 1 atom stereocenters. The van der Waals surface area contributed by atoms with Gasteiger partial charge < -0.3 is 15.7 Å². The molecule has 2 rings (SSSR count). The van der Waals surface area contributed by atoms with Crippen molar-refractivity contribution < 1.29 is 9.90 Å². The Balaban J connectivity index is 2.00. The molecule has 0 aliphatic carbocycles. The number of hydrogen-bond acceptors (Lipinski definition) is 5. The molecule has 0 fully saturated rings. The van der Waals surface area contributed by atoms with E-state index in [0.29, 0.717) is 12.3 Å². The molecule has 6 heteroatoms. The summed E-state index contributed by atoms with van der Waals surface area (Å²) in [6, 6.07) is 2.21. The number of rotatable bonds is 6. The number of carbonyl (C=O) groups excluding carboxylic acids is 1. The fourth-order valence-corrected chi connectivity index (χ4v) is 4.23. The minimum absolute atomic E-state index is 0.0683. The van der Waals surface area contributed by atoms with Crippen molar-refractivity contribution in [2.45, 2.75) is 49.5 Å². The highest BCUT2D eigenvalue weighted by atomic mass is 32.2. The first-order valence-electron chi connectivity index (χ1n) is 6.99. The molecule has 0 spiro atoms. The molecule has 0 saturated heterocycles. The van der Waals surface area contributed by atoms with Crippen molar-refractivity contribution in [3.63, 3.8) is 0 Å². The molecular weight excluding hydrogens is 292 g/mol. The number of anilines is 1. The van der Waals surface area contributed by atoms with E-state index in [9.17, 15) is 9.90 Å². The van der Waals surface area contributed by atoms with Crippen LogP contribution in [-0.4, -0.2) is 28.9 Å². The number of amides is 1. The Morgan fingerprint density at radius 3 is 2.85 bits per heavy atom. The van der Waals surface area contributed by atoms with Crippen LogP contribution in [0.1, 0.15) is 44.5 Å². The fourth-order valence-electron chi connectivity index (χ4n) is 2.06. The summed E-state index contributed by atoms with van der Waals surface area (Å²) in [7, 11) is 0. The van der Waals surface area contributed by atoms with Gasteiger partial charge in [0.2, 0.25) is 5.91 Å². The Labute approximate surface area is 128 Å². The summed E-state index contributed by atoms with van der Waals surface area (Å²) in [5, 5.41) is 16.6. The number of carbonyl (C=O) groups is 1. The summed E-state index contributed by atoms with van der Waals surface area (Å²) in [4.78, 5) is 12.6. The van der Waals surface area contributed by atoms with Crippen molar-refractivity contribution in [3.05, 3.63) is 10.9 Å². The first-order chi connectivity index (χ1) is 9.47. The van der Waals surface area contributed by atoms with E-state index in [-0.39, 0.29) is 11.9 Å². The Hall–Kier alpha value is -0.560. The van der Waals surface area contributed by atoms with Gasteiger partial charge in [0.25, 0.3) is 0 Å². The number of thiophene rings is 1. The van der Waals surface area contributed by atoms with Gasteiger partial charge in [-0.15, -0.1) is 23.1 Å². The molecule has 1 amide bonds. The Kier molecular flexibility index (Phi) is 5.12. The van der Waals surface area contributed by atoms with E-state index in [1.54, 1.807) is 23.1 Å². The summed E-state index contributed by atoms with van der Waals surface area (Å²) >= 11 is 3.31. The van der Waals surface area contributed by atoms with Crippen molar-refractivity contribution in [1.29, 1.82) is 0 Å². The van der Waals surface area contributed by atoms with Crippen molar-refractivity contribution in [2.24, 2.45) is 0 Å². The SMILES string of the molecule is CCC(O)(CC)CNC(C)c1cc2c(s1)SCC(=O)N2. The molecule has 4 nitrogen and oxygen atoms in total. The highest BCUT2D eigenvalue weighted by Gasteiger charge is 2.24. The maximum atomic E-state index is 11.4. The third-order valence-corrected chi connectivity index (χ3v) is 6.41. The molecule has 1 aromatic heterocycles. The van der Waals surface area contributed by atoms with Gasteiger partial charge in [0.05, 0.1) is 21.3 Å². The van der Waals surface area contributed by atoms with Gasteiger partial charge in [-0.2, -0.15) is 0 Å². The fraction of sp³-hybridized carbons (Fsp3) is 0.643. The molecule has 2 heterocycles. The van der Waals surface area contributed by atoms with Gasteiger partial charge >= 0.3 is 0 Å². The van der Waals surface area contributed by atoms with Gasteiger partial charge in [0.15, 0.2) is 0 Å². The zero-order chi connectivity index (χ0) is 14.8. The van der Waals surface area contributed by atoms with Crippen LogP contribution in [0.15, 0.2) is 10.3 Å². The predicted molar refractivity (Wildman–Crippen MR) is 85.6 cm³/mol. The number of hydrogen-bond donors (Lipinski definition) is 3. The number of aliphatic hydroxyl groups is 1. The number of fused-ring (bicyclic) bond motifs is 1. The van der Waals surface area contributed by atoms with Crippen LogP contribution in [0.4, 0.5) is 5.69 Å². The molecule has 1 aromatic rings. The highest BCUT2D eigenvalue weighted by molar-refractivity contribution is 8.02. The van der Waals surface area contributed by atoms with Crippen LogP contribution in [0.2, 0.25) is 0 Å². The van der Waals surface area contributed by atoms with E-state index in [2.05, 4.69) is 17.6 Å². The largest absolute Gasteiger partial charge is 0.389 e. The summed E-state index contributed by atoms with van der Waals surface area (Å²) < 4.78 is 1.18. The van der Waals surface area contributed by atoms with Gasteiger partial charge in [-0.3, -0.25) is 4.79 Å². The van der Waals surface area contributed by atoms with E-state index < -0.39 is 5.60 Å². The standard InChI is InChI=1S/C14H22N2O2S2/c1-4-14(18,5-2)8-15-9(3)11-6-10-13(20-11)19-7-12(17)16-10/h6,9,15,18H,4-5,7-8H2,1-3H3,(H,16,17). The Morgan fingerprint density at radius 2 is 2.20 bits per heavy atom. The van der Waals surface area contributed by atoms with Crippen LogP contribution in [0.3, 0.4) is 0 Å². The average Bonchev–Trinajstić information content (AvgIpc) is 2.87. The molecule has 20 heavy (non-hydrogen) atoms. The molecule has 3 N–H and O–H groups in total. The topological polar surface area (TPSA) is 61.4 Å². The number of nitrogens with one attached hydrogen (secondary N) is 2. The third kappa shape index (κ3) is 3.55. The van der Waals surface area contributed by atoms with Crippen molar-refractivity contribution in [2.75, 3.05) is 17.6 Å². The summed E-state index contributed by atoms with van der Waals surface area (Å²) in [6.07, 6.45) is 1.49. The minimum atomic E-state index is -0.631. The maximum Gasteiger partial charge on any atom is 0.234 e. The lowest BCUT2D eigenvalue weighted by Gasteiger charge is -2.27. The maximum absolute atomic E-state index is 11.4. The lowest BCUT2D eigenvalue weighted by molar-refractivity contribution is -0.113. The van der Waals surface area contributed by atoms with Crippen molar-refractivity contribution >= 4 is 34.7 Å². The van der Waals surface area contributed by atoms with E-state index in [1.165, 1.54) is 9.09 Å². The molecule has 1 aliphatic rings. The van der Waals surface area contributed by atoms with Crippen molar-refractivity contribution in [3.8, 4) is 0 Å². The average molecular weight is 314 g/mol. The molecule has 1 aliphatic heterocycles. The summed E-state index contributed by atoms with van der Waals surface area (Å²) in [6.45, 7) is 6.69. The molecule has 1 unspecified atom stereocenters. The van der Waals surface area contributed by atoms with Crippen molar-refractivity contribution in [1.82, 2.24) is 5.32 Å². The minimum Gasteiger partial charge on any atom is -0.389 e. The molecule has 0 saturated carbocycles. The monoisotopic (exact) mass is 314 g/mol. The Bertz CT molecular complexity index is 484. The second-order valence-electron chi connectivity index (χ2n) is 5.22. The molecule has 0 bridgehead atoms. The first kappa shape index (κ1) is 15.8. The van der Waals surface area contributed by atoms with Gasteiger partial charge in [0, 0.05) is 17.5 Å². The molecule has 0 radical (unpaired) electrons. The third-order valence-electron chi connectivity index (χ3n) is 3.81. The smallest absolute Gasteiger partial charge is 0.234 e. The predicted octanol–water partition coefficient (Wildman–Crippen LogP) is 2.99. The van der Waals surface area contributed by atoms with E-state index >= 15 is 0 Å². The van der Waals surface area contributed by atoms with Gasteiger partial charge in [-0.05, 0) is 25.8 Å². The van der Waals surface area contributed by atoms with E-state index in [4.69, 9.17) is 0 Å². The number of thioether (sulfide) groups is 1. The van der Waals surface area contributed by atoms with Crippen LogP contribution >= 0.6 is 23.1 Å². The summed E-state index contributed by atoms with van der Waals surface area (Å²) in [5.41, 5.74) is 0.301. The van der Waals surface area contributed by atoms with E-state index in [0.717, 1.165) is 18.5 Å². The second kappa shape index (κ2) is 6.47. The van der Waals surface area contributed by atoms with Crippen LogP contribution in [0.25, 0.3) is 0 Å². The molecule has 0 aromatic carbocycles. The summed E-state index contributed by atoms with van der Waals surface area (Å²) in [5.74, 6) is 0.569.